The zero-order valence-electron chi connectivity index (χ0n) is 11.0. The van der Waals surface area contributed by atoms with Gasteiger partial charge in [0.2, 0.25) is 0 Å². The first-order chi connectivity index (χ1) is 8.67. The van der Waals surface area contributed by atoms with Crippen LogP contribution in [-0.2, 0) is 0 Å². The van der Waals surface area contributed by atoms with Crippen LogP contribution in [0.2, 0.25) is 0 Å². The van der Waals surface area contributed by atoms with E-state index in [4.69, 9.17) is 5.11 Å². The van der Waals surface area contributed by atoms with Gasteiger partial charge in [0.15, 0.2) is 0 Å². The molecule has 102 valence electrons. The van der Waals surface area contributed by atoms with Crippen molar-refractivity contribution in [3.63, 3.8) is 0 Å². The Hall–Kier alpha value is -1.07. The summed E-state index contributed by atoms with van der Waals surface area (Å²) in [6.45, 7) is 4.82. The minimum Gasteiger partial charge on any atom is -0.396 e. The molecule has 18 heavy (non-hydrogen) atoms. The molecule has 1 aromatic rings. The molecular formula is C13H22N2O2S. The molecule has 1 heterocycles. The summed E-state index contributed by atoms with van der Waals surface area (Å²) < 4.78 is 0. The summed E-state index contributed by atoms with van der Waals surface area (Å²) in [6, 6.07) is 3.99. The van der Waals surface area contributed by atoms with E-state index in [1.807, 2.05) is 18.4 Å². The summed E-state index contributed by atoms with van der Waals surface area (Å²) in [5, 5.41) is 16.6. The van der Waals surface area contributed by atoms with Crippen molar-refractivity contribution in [1.82, 2.24) is 10.6 Å². The standard InChI is InChI=1S/C13H22N2O2S/c1-3-11(6-7-16)15-13(17)14-9-10(2)12-5-4-8-18-12/h4-5,8,10-11,16H,3,6-7,9H2,1-2H3,(H2,14,15,17). The fourth-order valence-corrected chi connectivity index (χ4v) is 2.48. The van der Waals surface area contributed by atoms with Crippen molar-refractivity contribution in [1.29, 1.82) is 0 Å². The number of carbonyl (C=O) groups excluding carboxylic acids is 1. The topological polar surface area (TPSA) is 61.4 Å². The number of nitrogens with one attached hydrogen (secondary N) is 2. The van der Waals surface area contributed by atoms with Gasteiger partial charge in [-0.05, 0) is 24.3 Å². The number of thiophene rings is 1. The van der Waals surface area contributed by atoms with Gasteiger partial charge in [0.1, 0.15) is 0 Å². The molecule has 2 unspecified atom stereocenters. The molecule has 0 aliphatic heterocycles. The van der Waals surface area contributed by atoms with Gasteiger partial charge in [0.05, 0.1) is 0 Å². The Labute approximate surface area is 112 Å². The summed E-state index contributed by atoms with van der Waals surface area (Å²) in [6.07, 6.45) is 1.43. The zero-order chi connectivity index (χ0) is 13.4. The molecular weight excluding hydrogens is 248 g/mol. The van der Waals surface area contributed by atoms with Gasteiger partial charge in [-0.2, -0.15) is 0 Å². The monoisotopic (exact) mass is 270 g/mol. The van der Waals surface area contributed by atoms with Gasteiger partial charge < -0.3 is 15.7 Å². The van der Waals surface area contributed by atoms with E-state index >= 15 is 0 Å². The van der Waals surface area contributed by atoms with E-state index < -0.39 is 0 Å². The van der Waals surface area contributed by atoms with Crippen LogP contribution in [0, 0.1) is 0 Å². The van der Waals surface area contributed by atoms with Crippen LogP contribution < -0.4 is 10.6 Å². The Balaban J connectivity index is 2.28. The van der Waals surface area contributed by atoms with E-state index in [1.165, 1.54) is 4.88 Å². The van der Waals surface area contributed by atoms with E-state index in [1.54, 1.807) is 11.3 Å². The normalized spacial score (nSPS) is 13.9. The van der Waals surface area contributed by atoms with Crippen LogP contribution in [0.15, 0.2) is 17.5 Å². The summed E-state index contributed by atoms with van der Waals surface area (Å²) in [4.78, 5) is 12.9. The second-order valence-corrected chi connectivity index (χ2v) is 5.37. The number of amides is 2. The van der Waals surface area contributed by atoms with Crippen molar-refractivity contribution < 1.29 is 9.90 Å². The van der Waals surface area contributed by atoms with Crippen LogP contribution in [0.4, 0.5) is 4.79 Å². The lowest BCUT2D eigenvalue weighted by molar-refractivity contribution is 0.227. The molecule has 0 aliphatic carbocycles. The minimum atomic E-state index is -0.154. The van der Waals surface area contributed by atoms with E-state index in [-0.39, 0.29) is 18.7 Å². The average Bonchev–Trinajstić information content (AvgIpc) is 2.89. The summed E-state index contributed by atoms with van der Waals surface area (Å²) in [7, 11) is 0. The van der Waals surface area contributed by atoms with Crippen molar-refractivity contribution in [3.8, 4) is 0 Å². The lowest BCUT2D eigenvalue weighted by Gasteiger charge is -2.17. The molecule has 0 aromatic carbocycles. The first kappa shape index (κ1) is 15.0. The Morgan fingerprint density at radius 2 is 2.33 bits per heavy atom. The van der Waals surface area contributed by atoms with E-state index in [2.05, 4.69) is 23.6 Å². The molecule has 0 saturated heterocycles. The summed E-state index contributed by atoms with van der Waals surface area (Å²) >= 11 is 1.70. The van der Waals surface area contributed by atoms with Crippen LogP contribution in [0.1, 0.15) is 37.5 Å². The molecule has 0 fully saturated rings. The molecule has 0 spiro atoms. The molecule has 5 heteroatoms. The quantitative estimate of drug-likeness (QED) is 0.712. The molecule has 4 nitrogen and oxygen atoms in total. The van der Waals surface area contributed by atoms with Crippen LogP contribution in [-0.4, -0.2) is 30.3 Å². The average molecular weight is 270 g/mol. The van der Waals surface area contributed by atoms with Crippen molar-refractivity contribution in [2.75, 3.05) is 13.2 Å². The Morgan fingerprint density at radius 3 is 2.89 bits per heavy atom. The maximum Gasteiger partial charge on any atom is 0.315 e. The molecule has 0 saturated carbocycles. The molecule has 0 bridgehead atoms. The van der Waals surface area contributed by atoms with Gasteiger partial charge in [-0.15, -0.1) is 11.3 Å². The van der Waals surface area contributed by atoms with Gasteiger partial charge in [-0.3, -0.25) is 0 Å². The highest BCUT2D eigenvalue weighted by Gasteiger charge is 2.11. The van der Waals surface area contributed by atoms with Crippen molar-refractivity contribution >= 4 is 17.4 Å². The lowest BCUT2D eigenvalue weighted by atomic mass is 10.1. The fraction of sp³-hybridized carbons (Fsp3) is 0.615. The maximum absolute atomic E-state index is 11.7. The minimum absolute atomic E-state index is 0.0482. The predicted octanol–water partition coefficient (Wildman–Crippen LogP) is 2.31. The van der Waals surface area contributed by atoms with E-state index in [9.17, 15) is 4.79 Å². The van der Waals surface area contributed by atoms with Crippen molar-refractivity contribution in [3.05, 3.63) is 22.4 Å². The van der Waals surface area contributed by atoms with Crippen molar-refractivity contribution in [2.45, 2.75) is 38.6 Å². The maximum atomic E-state index is 11.7. The Morgan fingerprint density at radius 1 is 1.56 bits per heavy atom. The summed E-state index contributed by atoms with van der Waals surface area (Å²) in [5.74, 6) is 0.327. The Kier molecular flexibility index (Phi) is 6.75. The first-order valence-electron chi connectivity index (χ1n) is 6.36. The Bertz CT molecular complexity index is 341. The fourth-order valence-electron chi connectivity index (χ4n) is 1.69. The third-order valence-corrected chi connectivity index (χ3v) is 4.01. The number of rotatable bonds is 7. The number of carbonyl (C=O) groups is 1. The van der Waals surface area contributed by atoms with Crippen LogP contribution in [0.25, 0.3) is 0 Å². The van der Waals surface area contributed by atoms with Gasteiger partial charge in [0, 0.05) is 30.0 Å². The smallest absolute Gasteiger partial charge is 0.315 e. The largest absolute Gasteiger partial charge is 0.396 e. The first-order valence-corrected chi connectivity index (χ1v) is 7.24. The third kappa shape index (κ3) is 5.06. The van der Waals surface area contributed by atoms with E-state index in [0.29, 0.717) is 18.9 Å². The van der Waals surface area contributed by atoms with Gasteiger partial charge in [0.25, 0.3) is 0 Å². The predicted molar refractivity (Wildman–Crippen MR) is 75.1 cm³/mol. The van der Waals surface area contributed by atoms with Crippen LogP contribution in [0.5, 0.6) is 0 Å². The molecule has 1 rings (SSSR count). The second kappa shape index (κ2) is 8.11. The molecule has 1 aromatic heterocycles. The third-order valence-electron chi connectivity index (χ3n) is 2.90. The zero-order valence-corrected chi connectivity index (χ0v) is 11.8. The SMILES string of the molecule is CCC(CCO)NC(=O)NCC(C)c1cccs1. The second-order valence-electron chi connectivity index (χ2n) is 4.39. The highest BCUT2D eigenvalue weighted by atomic mass is 32.1. The molecule has 2 amide bonds. The van der Waals surface area contributed by atoms with Crippen LogP contribution in [0.3, 0.4) is 0 Å². The van der Waals surface area contributed by atoms with Crippen LogP contribution >= 0.6 is 11.3 Å². The number of aliphatic hydroxyl groups is 1. The van der Waals surface area contributed by atoms with Crippen molar-refractivity contribution in [2.24, 2.45) is 0 Å². The molecule has 0 aliphatic rings. The number of hydrogen-bond acceptors (Lipinski definition) is 3. The van der Waals surface area contributed by atoms with Gasteiger partial charge in [-0.1, -0.05) is 19.9 Å². The highest BCUT2D eigenvalue weighted by molar-refractivity contribution is 7.10. The highest BCUT2D eigenvalue weighted by Crippen LogP contribution is 2.19. The number of aliphatic hydroxyl groups excluding tert-OH is 1. The lowest BCUT2D eigenvalue weighted by Crippen LogP contribution is -2.43. The summed E-state index contributed by atoms with van der Waals surface area (Å²) in [5.41, 5.74) is 0. The molecule has 0 radical (unpaired) electrons. The molecule has 2 atom stereocenters. The molecule has 3 N–H and O–H groups in total. The van der Waals surface area contributed by atoms with E-state index in [0.717, 1.165) is 6.42 Å². The van der Waals surface area contributed by atoms with Gasteiger partial charge >= 0.3 is 6.03 Å². The number of urea groups is 1. The number of hydrogen-bond donors (Lipinski definition) is 3. The van der Waals surface area contributed by atoms with Gasteiger partial charge in [-0.25, -0.2) is 4.79 Å².